The molecular weight excluding hydrogens is 477 g/mol. The molecule has 0 radical (unpaired) electrons. The molecule has 0 aromatic heterocycles. The Hall–Kier alpha value is -1.45. The van der Waals surface area contributed by atoms with E-state index < -0.39 is 23.1 Å². The summed E-state index contributed by atoms with van der Waals surface area (Å²) in [6.45, 7) is 4.76. The lowest BCUT2D eigenvalue weighted by Gasteiger charge is -2.29. The molecule has 1 saturated carbocycles. The van der Waals surface area contributed by atoms with Gasteiger partial charge in [-0.1, -0.05) is 18.9 Å². The second kappa shape index (κ2) is 10.9. The largest absolute Gasteiger partial charge is 0.357 e. The van der Waals surface area contributed by atoms with Gasteiger partial charge in [-0.05, 0) is 32.8 Å². The zero-order valence-corrected chi connectivity index (χ0v) is 19.3. The molecule has 0 spiro atoms. The van der Waals surface area contributed by atoms with Crippen molar-refractivity contribution in [1.29, 1.82) is 0 Å². The van der Waals surface area contributed by atoms with Gasteiger partial charge in [0.25, 0.3) is 0 Å². The molecule has 1 aliphatic carbocycles. The Morgan fingerprint density at radius 3 is 2.46 bits per heavy atom. The first-order valence-corrected chi connectivity index (χ1v) is 9.50. The van der Waals surface area contributed by atoms with Crippen molar-refractivity contribution in [2.45, 2.75) is 45.6 Å². The Bertz CT molecular complexity index is 691. The summed E-state index contributed by atoms with van der Waals surface area (Å²) in [7, 11) is 3.55. The van der Waals surface area contributed by atoms with Crippen molar-refractivity contribution in [2.24, 2.45) is 10.4 Å². The van der Waals surface area contributed by atoms with Crippen LogP contribution in [-0.4, -0.2) is 44.0 Å². The molecule has 2 rings (SSSR count). The number of nitrogens with one attached hydrogen (secondary N) is 2. The third-order valence-electron chi connectivity index (χ3n) is 5.09. The highest BCUT2D eigenvalue weighted by Gasteiger charge is 2.42. The van der Waals surface area contributed by atoms with Gasteiger partial charge in [0, 0.05) is 32.3 Å². The van der Waals surface area contributed by atoms with E-state index in [4.69, 9.17) is 0 Å². The molecule has 1 fully saturated rings. The minimum Gasteiger partial charge on any atom is -0.357 e. The van der Waals surface area contributed by atoms with Crippen LogP contribution in [0.5, 0.6) is 0 Å². The monoisotopic (exact) mass is 508 g/mol. The third kappa shape index (κ3) is 6.02. The van der Waals surface area contributed by atoms with Crippen molar-refractivity contribution < 1.29 is 13.6 Å². The van der Waals surface area contributed by atoms with Crippen molar-refractivity contribution >= 4 is 35.8 Å². The average molecular weight is 508 g/mol. The first-order chi connectivity index (χ1) is 12.8. The molecule has 1 amide bonds. The molecule has 5 nitrogen and oxygen atoms in total. The zero-order valence-electron chi connectivity index (χ0n) is 17.0. The SMILES string of the molecule is CCNC(=NCC1(C(=O)N(C)C)CCCC1)NC(C)c1ccc(F)cc1F.I. The lowest BCUT2D eigenvalue weighted by molar-refractivity contribution is -0.138. The maximum Gasteiger partial charge on any atom is 0.230 e. The van der Waals surface area contributed by atoms with Gasteiger partial charge in [-0.15, -0.1) is 24.0 Å². The van der Waals surface area contributed by atoms with Gasteiger partial charge in [-0.25, -0.2) is 8.78 Å². The molecule has 28 heavy (non-hydrogen) atoms. The number of carbonyl (C=O) groups is 1. The maximum absolute atomic E-state index is 14.0. The second-order valence-electron chi connectivity index (χ2n) is 7.41. The van der Waals surface area contributed by atoms with Crippen LogP contribution in [0.4, 0.5) is 8.78 Å². The van der Waals surface area contributed by atoms with Gasteiger partial charge in [0.05, 0.1) is 18.0 Å². The lowest BCUT2D eigenvalue weighted by atomic mass is 9.85. The first-order valence-electron chi connectivity index (χ1n) is 9.50. The summed E-state index contributed by atoms with van der Waals surface area (Å²) in [4.78, 5) is 19.0. The van der Waals surface area contributed by atoms with E-state index in [2.05, 4.69) is 15.6 Å². The number of nitrogens with zero attached hydrogens (tertiary/aromatic N) is 2. The Balaban J connectivity index is 0.00000392. The molecule has 1 unspecified atom stereocenters. The molecule has 1 aromatic carbocycles. The number of hydrogen-bond donors (Lipinski definition) is 2. The second-order valence-corrected chi connectivity index (χ2v) is 7.41. The highest BCUT2D eigenvalue weighted by atomic mass is 127. The Morgan fingerprint density at radius 1 is 1.29 bits per heavy atom. The van der Waals surface area contributed by atoms with E-state index in [-0.39, 0.29) is 29.9 Å². The fraction of sp³-hybridized carbons (Fsp3) is 0.600. The summed E-state index contributed by atoms with van der Waals surface area (Å²) in [6, 6.07) is 3.15. The quantitative estimate of drug-likeness (QED) is 0.349. The number of aliphatic imine (C=N–C) groups is 1. The van der Waals surface area contributed by atoms with Gasteiger partial charge in [-0.2, -0.15) is 0 Å². The van der Waals surface area contributed by atoms with Crippen LogP contribution >= 0.6 is 24.0 Å². The normalized spacial score (nSPS) is 16.9. The molecule has 1 atom stereocenters. The Labute approximate surface area is 183 Å². The van der Waals surface area contributed by atoms with Crippen LogP contribution in [0, 0.1) is 17.0 Å². The van der Waals surface area contributed by atoms with Gasteiger partial charge in [-0.3, -0.25) is 9.79 Å². The standard InChI is InChI=1S/C20H30F2N4O.HI/c1-5-23-19(25-14(2)16-9-8-15(21)12-17(16)22)24-13-20(10-6-7-11-20)18(27)26(3)4;/h8-9,12,14H,5-7,10-11,13H2,1-4H3,(H2,23,24,25);1H. The predicted octanol–water partition coefficient (Wildman–Crippen LogP) is 3.85. The van der Waals surface area contributed by atoms with Crippen molar-refractivity contribution in [3.8, 4) is 0 Å². The third-order valence-corrected chi connectivity index (χ3v) is 5.09. The van der Waals surface area contributed by atoms with Gasteiger partial charge in [0.2, 0.25) is 5.91 Å². The van der Waals surface area contributed by atoms with E-state index in [9.17, 15) is 13.6 Å². The van der Waals surface area contributed by atoms with Crippen LogP contribution in [0.15, 0.2) is 23.2 Å². The van der Waals surface area contributed by atoms with Crippen molar-refractivity contribution in [3.63, 3.8) is 0 Å². The number of halogens is 3. The minimum atomic E-state index is -0.602. The van der Waals surface area contributed by atoms with Crippen molar-refractivity contribution in [2.75, 3.05) is 27.2 Å². The number of hydrogen-bond acceptors (Lipinski definition) is 2. The summed E-state index contributed by atoms with van der Waals surface area (Å²) in [5.74, 6) is -0.570. The van der Waals surface area contributed by atoms with E-state index in [1.54, 1.807) is 25.9 Å². The molecule has 0 aliphatic heterocycles. The predicted molar refractivity (Wildman–Crippen MR) is 119 cm³/mol. The van der Waals surface area contributed by atoms with Crippen molar-refractivity contribution in [3.05, 3.63) is 35.4 Å². The van der Waals surface area contributed by atoms with E-state index in [1.807, 2.05) is 6.92 Å². The van der Waals surface area contributed by atoms with E-state index in [1.165, 1.54) is 12.1 Å². The fourth-order valence-electron chi connectivity index (χ4n) is 3.65. The highest BCUT2D eigenvalue weighted by molar-refractivity contribution is 14.0. The molecule has 0 heterocycles. The molecule has 158 valence electrons. The van der Waals surface area contributed by atoms with Crippen LogP contribution in [0.1, 0.15) is 51.1 Å². The van der Waals surface area contributed by atoms with Crippen molar-refractivity contribution in [1.82, 2.24) is 15.5 Å². The number of guanidine groups is 1. The summed E-state index contributed by atoms with van der Waals surface area (Å²) < 4.78 is 27.2. The van der Waals surface area contributed by atoms with Crippen LogP contribution in [0.3, 0.4) is 0 Å². The average Bonchev–Trinajstić information content (AvgIpc) is 3.09. The van der Waals surface area contributed by atoms with E-state index in [0.717, 1.165) is 31.7 Å². The lowest BCUT2D eigenvalue weighted by Crippen LogP contribution is -2.43. The van der Waals surface area contributed by atoms with Gasteiger partial charge in [0.1, 0.15) is 11.6 Å². The molecule has 1 aliphatic rings. The summed E-state index contributed by atoms with van der Waals surface area (Å²) >= 11 is 0. The van der Waals surface area contributed by atoms with Gasteiger partial charge in [0.15, 0.2) is 5.96 Å². The number of carbonyl (C=O) groups excluding carboxylic acids is 1. The van der Waals surface area contributed by atoms with E-state index in [0.29, 0.717) is 24.6 Å². The first kappa shape index (κ1) is 24.6. The number of rotatable bonds is 6. The Kier molecular flexibility index (Phi) is 9.59. The topological polar surface area (TPSA) is 56.7 Å². The van der Waals surface area contributed by atoms with Crippen LogP contribution in [0.2, 0.25) is 0 Å². The number of benzene rings is 1. The highest BCUT2D eigenvalue weighted by Crippen LogP contribution is 2.39. The fourth-order valence-corrected chi connectivity index (χ4v) is 3.65. The van der Waals surface area contributed by atoms with Crippen LogP contribution in [-0.2, 0) is 4.79 Å². The molecule has 0 bridgehead atoms. The Morgan fingerprint density at radius 2 is 1.93 bits per heavy atom. The van der Waals surface area contributed by atoms with Gasteiger partial charge >= 0.3 is 0 Å². The summed E-state index contributed by atoms with van der Waals surface area (Å²) in [5.41, 5.74) is -0.0992. The van der Waals surface area contributed by atoms with Gasteiger partial charge < -0.3 is 15.5 Å². The molecule has 8 heteroatoms. The zero-order chi connectivity index (χ0) is 20.0. The molecule has 0 saturated heterocycles. The molecule has 2 N–H and O–H groups in total. The summed E-state index contributed by atoms with van der Waals surface area (Å²) in [5, 5.41) is 6.30. The van der Waals surface area contributed by atoms with Crippen LogP contribution < -0.4 is 10.6 Å². The maximum atomic E-state index is 14.0. The number of amides is 1. The minimum absolute atomic E-state index is 0. The van der Waals surface area contributed by atoms with Crippen LogP contribution in [0.25, 0.3) is 0 Å². The molecule has 1 aromatic rings. The smallest absolute Gasteiger partial charge is 0.230 e. The summed E-state index contributed by atoms with van der Waals surface area (Å²) in [6.07, 6.45) is 3.71. The van der Waals surface area contributed by atoms with E-state index >= 15 is 0 Å². The molecular formula is C20H31F2IN4O.